The van der Waals surface area contributed by atoms with E-state index in [9.17, 15) is 14.4 Å². The van der Waals surface area contributed by atoms with Crippen molar-refractivity contribution in [2.24, 2.45) is 0 Å². The summed E-state index contributed by atoms with van der Waals surface area (Å²) in [7, 11) is 0. The Labute approximate surface area is 133 Å². The molecule has 1 aromatic rings. The lowest BCUT2D eigenvalue weighted by Gasteiger charge is -2.34. The van der Waals surface area contributed by atoms with Crippen LogP contribution < -0.4 is 0 Å². The summed E-state index contributed by atoms with van der Waals surface area (Å²) >= 11 is 0. The van der Waals surface area contributed by atoms with Gasteiger partial charge in [-0.1, -0.05) is 0 Å². The van der Waals surface area contributed by atoms with Crippen LogP contribution in [0.15, 0.2) is 12.4 Å². The molecule has 1 aliphatic heterocycles. The van der Waals surface area contributed by atoms with E-state index in [1.165, 1.54) is 17.1 Å². The van der Waals surface area contributed by atoms with E-state index >= 15 is 0 Å². The second kappa shape index (κ2) is 7.61. The molecule has 0 aliphatic carbocycles. The first-order valence-electron chi connectivity index (χ1n) is 7.46. The van der Waals surface area contributed by atoms with Crippen molar-refractivity contribution < 1.29 is 24.2 Å². The largest absolute Gasteiger partial charge is 0.478 e. The molecule has 0 aromatic carbocycles. The molecule has 2 heterocycles. The molecule has 1 saturated heterocycles. The van der Waals surface area contributed by atoms with Crippen LogP contribution in [0.2, 0.25) is 0 Å². The highest BCUT2D eigenvalue weighted by atomic mass is 16.6. The van der Waals surface area contributed by atoms with Gasteiger partial charge in [-0.2, -0.15) is 5.10 Å². The average molecular weight is 324 g/mol. The Morgan fingerprint density at radius 2 is 1.87 bits per heavy atom. The summed E-state index contributed by atoms with van der Waals surface area (Å²) in [5, 5.41) is 12.7. The zero-order valence-electron chi connectivity index (χ0n) is 13.0. The van der Waals surface area contributed by atoms with Crippen LogP contribution in [0, 0.1) is 0 Å². The summed E-state index contributed by atoms with van der Waals surface area (Å²) in [6, 6.07) is 0. The first kappa shape index (κ1) is 16.8. The molecule has 0 saturated carbocycles. The third kappa shape index (κ3) is 4.44. The number of carboxylic acid groups (broad SMARTS) is 1. The van der Waals surface area contributed by atoms with Crippen LogP contribution in [-0.2, 0) is 16.1 Å². The van der Waals surface area contributed by atoms with Gasteiger partial charge in [0.05, 0.1) is 18.4 Å². The van der Waals surface area contributed by atoms with Crippen LogP contribution in [-0.4, -0.2) is 75.4 Å². The van der Waals surface area contributed by atoms with Crippen LogP contribution in [0.4, 0.5) is 4.79 Å². The van der Waals surface area contributed by atoms with Crippen LogP contribution in [0.1, 0.15) is 23.7 Å². The molecule has 1 aromatic heterocycles. The highest BCUT2D eigenvalue weighted by molar-refractivity contribution is 5.86. The second-order valence-electron chi connectivity index (χ2n) is 5.11. The molecule has 23 heavy (non-hydrogen) atoms. The molecule has 0 unspecified atom stereocenters. The third-order valence-corrected chi connectivity index (χ3v) is 3.59. The zero-order chi connectivity index (χ0) is 16.8. The summed E-state index contributed by atoms with van der Waals surface area (Å²) in [6.45, 7) is 4.26. The number of rotatable bonds is 5. The fourth-order valence-electron chi connectivity index (χ4n) is 2.32. The molecule has 126 valence electrons. The minimum atomic E-state index is -1.04. The molecule has 1 N–H and O–H groups in total. The first-order valence-corrected chi connectivity index (χ1v) is 7.46. The maximum atomic E-state index is 12.1. The maximum absolute atomic E-state index is 12.1. The number of piperazine rings is 1. The summed E-state index contributed by atoms with van der Waals surface area (Å²) in [6.07, 6.45) is 2.54. The summed E-state index contributed by atoms with van der Waals surface area (Å²) in [5.41, 5.74) is 0.0977. The molecule has 2 rings (SSSR count). The standard InChI is InChI=1S/C14H20N4O5/c1-2-23-14(22)17-7-5-16(6-8-17)12(19)3-4-18-10-11(9-15-18)13(20)21/h9-10H,2-8H2,1H3,(H,20,21). The van der Waals surface area contributed by atoms with Crippen molar-refractivity contribution in [2.75, 3.05) is 32.8 Å². The molecule has 0 radical (unpaired) electrons. The van der Waals surface area contributed by atoms with Crippen molar-refractivity contribution >= 4 is 18.0 Å². The molecule has 9 heteroatoms. The van der Waals surface area contributed by atoms with Crippen molar-refractivity contribution in [3.63, 3.8) is 0 Å². The van der Waals surface area contributed by atoms with E-state index in [1.54, 1.807) is 16.7 Å². The fourth-order valence-corrected chi connectivity index (χ4v) is 2.32. The Morgan fingerprint density at radius 1 is 1.22 bits per heavy atom. The number of carboxylic acids is 1. The van der Waals surface area contributed by atoms with Gasteiger partial charge in [0.1, 0.15) is 0 Å². The number of amides is 2. The molecule has 0 bridgehead atoms. The van der Waals surface area contributed by atoms with Crippen LogP contribution >= 0.6 is 0 Å². The van der Waals surface area contributed by atoms with Crippen molar-refractivity contribution in [2.45, 2.75) is 19.9 Å². The monoisotopic (exact) mass is 324 g/mol. The Kier molecular flexibility index (Phi) is 5.56. The summed E-state index contributed by atoms with van der Waals surface area (Å²) in [4.78, 5) is 37.8. The lowest BCUT2D eigenvalue weighted by Crippen LogP contribution is -2.50. The van der Waals surface area contributed by atoms with E-state index in [2.05, 4.69) is 5.10 Å². The number of aromatic carboxylic acids is 1. The Bertz CT molecular complexity index is 577. The quantitative estimate of drug-likeness (QED) is 0.833. The first-order chi connectivity index (χ1) is 11.0. The third-order valence-electron chi connectivity index (χ3n) is 3.59. The van der Waals surface area contributed by atoms with E-state index in [1.807, 2.05) is 0 Å². The van der Waals surface area contributed by atoms with Gasteiger partial charge in [-0.3, -0.25) is 9.48 Å². The maximum Gasteiger partial charge on any atom is 0.409 e. The van der Waals surface area contributed by atoms with Crippen molar-refractivity contribution in [3.8, 4) is 0 Å². The minimum absolute atomic E-state index is 0.0408. The number of carbonyl (C=O) groups is 3. The number of ether oxygens (including phenoxy) is 1. The van der Waals surface area contributed by atoms with Gasteiger partial charge in [-0.05, 0) is 6.92 Å². The molecule has 0 spiro atoms. The molecule has 0 atom stereocenters. The Balaban J connectivity index is 1.76. The normalized spacial score (nSPS) is 14.7. The van der Waals surface area contributed by atoms with Crippen molar-refractivity contribution in [1.29, 1.82) is 0 Å². The van der Waals surface area contributed by atoms with Gasteiger partial charge < -0.3 is 19.6 Å². The van der Waals surface area contributed by atoms with Gasteiger partial charge in [-0.15, -0.1) is 0 Å². The minimum Gasteiger partial charge on any atom is -0.478 e. The molecular weight excluding hydrogens is 304 g/mol. The number of aryl methyl sites for hydroxylation is 1. The SMILES string of the molecule is CCOC(=O)N1CCN(C(=O)CCn2cc(C(=O)O)cn2)CC1. The fraction of sp³-hybridized carbons (Fsp3) is 0.571. The molecule has 1 aliphatic rings. The number of carbonyl (C=O) groups excluding carboxylic acids is 2. The van der Waals surface area contributed by atoms with Gasteiger partial charge in [0.2, 0.25) is 5.91 Å². The predicted molar refractivity (Wildman–Crippen MR) is 79.0 cm³/mol. The number of nitrogens with zero attached hydrogens (tertiary/aromatic N) is 4. The Morgan fingerprint density at radius 3 is 2.43 bits per heavy atom. The predicted octanol–water partition coefficient (Wildman–Crippen LogP) is 0.272. The summed E-state index contributed by atoms with van der Waals surface area (Å²) in [5.74, 6) is -1.08. The van der Waals surface area contributed by atoms with E-state index in [-0.39, 0.29) is 24.0 Å². The smallest absolute Gasteiger partial charge is 0.409 e. The number of hydrogen-bond acceptors (Lipinski definition) is 5. The van der Waals surface area contributed by atoms with E-state index in [0.29, 0.717) is 39.3 Å². The lowest BCUT2D eigenvalue weighted by molar-refractivity contribution is -0.133. The van der Waals surface area contributed by atoms with E-state index < -0.39 is 5.97 Å². The van der Waals surface area contributed by atoms with Gasteiger partial charge in [0, 0.05) is 45.3 Å². The Hall–Kier alpha value is -2.58. The average Bonchev–Trinajstić information content (AvgIpc) is 3.02. The molecule has 2 amide bonds. The van der Waals surface area contributed by atoms with Crippen LogP contribution in [0.25, 0.3) is 0 Å². The van der Waals surface area contributed by atoms with E-state index in [4.69, 9.17) is 9.84 Å². The van der Waals surface area contributed by atoms with Gasteiger partial charge in [-0.25, -0.2) is 9.59 Å². The van der Waals surface area contributed by atoms with Crippen molar-refractivity contribution in [1.82, 2.24) is 19.6 Å². The zero-order valence-corrected chi connectivity index (χ0v) is 13.0. The second-order valence-corrected chi connectivity index (χ2v) is 5.11. The lowest BCUT2D eigenvalue weighted by atomic mass is 10.3. The molecule has 1 fully saturated rings. The highest BCUT2D eigenvalue weighted by Crippen LogP contribution is 2.07. The van der Waals surface area contributed by atoms with Crippen molar-refractivity contribution in [3.05, 3.63) is 18.0 Å². The van der Waals surface area contributed by atoms with Crippen LogP contribution in [0.5, 0.6) is 0 Å². The van der Waals surface area contributed by atoms with Crippen LogP contribution in [0.3, 0.4) is 0 Å². The van der Waals surface area contributed by atoms with Gasteiger partial charge in [0.25, 0.3) is 0 Å². The number of aromatic nitrogens is 2. The topological polar surface area (TPSA) is 105 Å². The summed E-state index contributed by atoms with van der Waals surface area (Å²) < 4.78 is 6.37. The van der Waals surface area contributed by atoms with Gasteiger partial charge >= 0.3 is 12.1 Å². The van der Waals surface area contributed by atoms with Gasteiger partial charge in [0.15, 0.2) is 0 Å². The molecule has 9 nitrogen and oxygen atoms in total. The number of hydrogen-bond donors (Lipinski definition) is 1. The highest BCUT2D eigenvalue weighted by Gasteiger charge is 2.24. The van der Waals surface area contributed by atoms with E-state index in [0.717, 1.165) is 0 Å². The molecular formula is C14H20N4O5.